The first kappa shape index (κ1) is 17.1. The predicted molar refractivity (Wildman–Crippen MR) is 99.3 cm³/mol. The lowest BCUT2D eigenvalue weighted by molar-refractivity contribution is 0.501. The average molecular weight is 300 g/mol. The third-order valence-corrected chi connectivity index (χ3v) is 5.25. The van der Waals surface area contributed by atoms with Crippen molar-refractivity contribution in [2.24, 2.45) is 7.05 Å². The number of nitrogens with zero attached hydrogens (tertiary/aromatic N) is 1. The lowest BCUT2D eigenvalue weighted by Crippen LogP contribution is -2.21. The molecule has 1 aromatic heterocycles. The summed E-state index contributed by atoms with van der Waals surface area (Å²) in [6.07, 6.45) is 0. The van der Waals surface area contributed by atoms with E-state index in [0.29, 0.717) is 0 Å². The highest BCUT2D eigenvalue weighted by Gasteiger charge is 2.31. The fourth-order valence-electron chi connectivity index (χ4n) is 4.11. The molecule has 0 saturated heterocycles. The third-order valence-electron chi connectivity index (χ3n) is 5.25. The highest BCUT2D eigenvalue weighted by molar-refractivity contribution is 5.97. The largest absolute Gasteiger partial charge is 0.349 e. The van der Waals surface area contributed by atoms with E-state index in [4.69, 9.17) is 0 Å². The quantitative estimate of drug-likeness (QED) is 0.561. The molecule has 0 spiro atoms. The van der Waals surface area contributed by atoms with E-state index in [-0.39, 0.29) is 10.8 Å². The van der Waals surface area contributed by atoms with Gasteiger partial charge in [0.15, 0.2) is 0 Å². The van der Waals surface area contributed by atoms with Gasteiger partial charge in [0, 0.05) is 40.0 Å². The molecule has 0 atom stereocenters. The van der Waals surface area contributed by atoms with Crippen LogP contribution < -0.4 is 0 Å². The Morgan fingerprint density at radius 2 is 0.818 bits per heavy atom. The minimum absolute atomic E-state index is 0.134. The van der Waals surface area contributed by atoms with Crippen molar-refractivity contribution in [1.82, 2.24) is 4.57 Å². The number of fused-ring (bicyclic) bond motifs is 1. The van der Waals surface area contributed by atoms with Gasteiger partial charge in [-0.2, -0.15) is 0 Å². The van der Waals surface area contributed by atoms with Crippen molar-refractivity contribution in [3.05, 3.63) is 33.6 Å². The molecular formula is C21H33N. The van der Waals surface area contributed by atoms with Gasteiger partial charge in [-0.3, -0.25) is 0 Å². The Balaban J connectivity index is 3.22. The summed E-state index contributed by atoms with van der Waals surface area (Å²) < 4.78 is 2.48. The van der Waals surface area contributed by atoms with Gasteiger partial charge >= 0.3 is 0 Å². The lowest BCUT2D eigenvalue weighted by Gasteiger charge is -2.25. The van der Waals surface area contributed by atoms with Crippen LogP contribution in [0.25, 0.3) is 10.8 Å². The Kier molecular flexibility index (Phi) is 3.80. The summed E-state index contributed by atoms with van der Waals surface area (Å²) in [5.41, 5.74) is 9.00. The van der Waals surface area contributed by atoms with Crippen LogP contribution in [0.3, 0.4) is 0 Å². The van der Waals surface area contributed by atoms with Gasteiger partial charge in [0.25, 0.3) is 0 Å². The standard InChI is InChI=1S/C21H33N/c1-12-13(2)15(4)17-16(14(12)3)18(20(5,6)7)22(11)19(17)21(8,9)10/h1-11H3. The van der Waals surface area contributed by atoms with E-state index in [9.17, 15) is 0 Å². The summed E-state index contributed by atoms with van der Waals surface area (Å²) in [5, 5.41) is 2.97. The molecule has 0 aliphatic heterocycles. The Morgan fingerprint density at radius 1 is 0.545 bits per heavy atom. The molecule has 0 aliphatic carbocycles. The minimum Gasteiger partial charge on any atom is -0.349 e. The summed E-state index contributed by atoms with van der Waals surface area (Å²) in [4.78, 5) is 0. The Bertz CT molecular complexity index is 681. The Labute approximate surface area is 136 Å². The van der Waals surface area contributed by atoms with Gasteiger partial charge in [-0.25, -0.2) is 0 Å². The maximum Gasteiger partial charge on any atom is 0.0310 e. The van der Waals surface area contributed by atoms with Gasteiger partial charge in [-0.15, -0.1) is 0 Å². The fourth-order valence-corrected chi connectivity index (χ4v) is 4.11. The van der Waals surface area contributed by atoms with Crippen LogP contribution in [0.2, 0.25) is 0 Å². The molecule has 0 amide bonds. The van der Waals surface area contributed by atoms with Crippen LogP contribution in [0.15, 0.2) is 0 Å². The Hall–Kier alpha value is -1.24. The second-order valence-electron chi connectivity index (χ2n) is 9.01. The van der Waals surface area contributed by atoms with Gasteiger partial charge in [0.2, 0.25) is 0 Å². The van der Waals surface area contributed by atoms with E-state index in [0.717, 1.165) is 0 Å². The maximum atomic E-state index is 2.48. The van der Waals surface area contributed by atoms with Gasteiger partial charge in [-0.05, 0) is 49.9 Å². The zero-order valence-corrected chi connectivity index (χ0v) is 16.4. The van der Waals surface area contributed by atoms with Crippen LogP contribution in [0.1, 0.15) is 75.2 Å². The number of aromatic nitrogens is 1. The molecule has 0 saturated carbocycles. The highest BCUT2D eigenvalue weighted by Crippen LogP contribution is 2.43. The molecule has 2 aromatic rings. The van der Waals surface area contributed by atoms with E-state index in [1.165, 1.54) is 44.4 Å². The van der Waals surface area contributed by atoms with Crippen LogP contribution in [0.5, 0.6) is 0 Å². The predicted octanol–water partition coefficient (Wildman–Crippen LogP) is 6.01. The van der Waals surface area contributed by atoms with Crippen LogP contribution in [0.4, 0.5) is 0 Å². The molecule has 1 nitrogen and oxygen atoms in total. The van der Waals surface area contributed by atoms with Gasteiger partial charge in [0.1, 0.15) is 0 Å². The van der Waals surface area contributed by atoms with Crippen molar-refractivity contribution in [2.45, 2.75) is 80.1 Å². The van der Waals surface area contributed by atoms with Gasteiger partial charge in [0.05, 0.1) is 0 Å². The van der Waals surface area contributed by atoms with Crippen molar-refractivity contribution in [3.63, 3.8) is 0 Å². The number of rotatable bonds is 0. The molecule has 22 heavy (non-hydrogen) atoms. The lowest BCUT2D eigenvalue weighted by atomic mass is 9.83. The van der Waals surface area contributed by atoms with Crippen molar-refractivity contribution < 1.29 is 0 Å². The number of aryl methyl sites for hydroxylation is 2. The van der Waals surface area contributed by atoms with Gasteiger partial charge < -0.3 is 4.57 Å². The highest BCUT2D eigenvalue weighted by atomic mass is 15.0. The normalized spacial score (nSPS) is 13.2. The summed E-state index contributed by atoms with van der Waals surface area (Å²) in [5.74, 6) is 0. The maximum absolute atomic E-state index is 2.48. The molecule has 0 bridgehead atoms. The van der Waals surface area contributed by atoms with Crippen LogP contribution in [-0.4, -0.2) is 4.57 Å². The molecule has 1 heteroatoms. The molecule has 1 aromatic carbocycles. The first-order valence-corrected chi connectivity index (χ1v) is 8.39. The first-order valence-electron chi connectivity index (χ1n) is 8.39. The molecular weight excluding hydrogens is 266 g/mol. The zero-order valence-electron chi connectivity index (χ0n) is 16.4. The fraction of sp³-hybridized carbons (Fsp3) is 0.619. The van der Waals surface area contributed by atoms with E-state index in [1.54, 1.807) is 0 Å². The SMILES string of the molecule is Cc1c(C)c(C)c2c(C(C)(C)C)n(C)c(C(C)(C)C)c2c1C. The molecule has 2 rings (SSSR count). The summed E-state index contributed by atoms with van der Waals surface area (Å²) in [6, 6.07) is 0. The molecule has 0 unspecified atom stereocenters. The third kappa shape index (κ3) is 2.30. The van der Waals surface area contributed by atoms with Crippen molar-refractivity contribution in [2.75, 3.05) is 0 Å². The van der Waals surface area contributed by atoms with E-state index < -0.39 is 0 Å². The smallest absolute Gasteiger partial charge is 0.0310 e. The molecule has 0 radical (unpaired) electrons. The average Bonchev–Trinajstić information content (AvgIpc) is 2.66. The van der Waals surface area contributed by atoms with Crippen LogP contribution in [-0.2, 0) is 17.9 Å². The molecule has 0 N–H and O–H groups in total. The van der Waals surface area contributed by atoms with Crippen LogP contribution >= 0.6 is 0 Å². The van der Waals surface area contributed by atoms with E-state index in [2.05, 4.69) is 80.9 Å². The number of hydrogen-bond acceptors (Lipinski definition) is 0. The van der Waals surface area contributed by atoms with Gasteiger partial charge in [-0.1, -0.05) is 41.5 Å². The van der Waals surface area contributed by atoms with Crippen molar-refractivity contribution in [1.29, 1.82) is 0 Å². The second-order valence-corrected chi connectivity index (χ2v) is 9.01. The monoisotopic (exact) mass is 299 g/mol. The van der Waals surface area contributed by atoms with E-state index in [1.807, 2.05) is 0 Å². The summed E-state index contributed by atoms with van der Waals surface area (Å²) >= 11 is 0. The summed E-state index contributed by atoms with van der Waals surface area (Å²) in [6.45, 7) is 23.1. The summed E-state index contributed by atoms with van der Waals surface area (Å²) in [7, 11) is 2.25. The minimum atomic E-state index is 0.134. The molecule has 0 fully saturated rings. The topological polar surface area (TPSA) is 4.93 Å². The van der Waals surface area contributed by atoms with Crippen molar-refractivity contribution in [3.8, 4) is 0 Å². The van der Waals surface area contributed by atoms with E-state index >= 15 is 0 Å². The van der Waals surface area contributed by atoms with Crippen LogP contribution in [0, 0.1) is 27.7 Å². The zero-order chi connectivity index (χ0) is 17.2. The number of hydrogen-bond donors (Lipinski definition) is 0. The molecule has 0 aliphatic rings. The molecule has 1 heterocycles. The Morgan fingerprint density at radius 3 is 1.05 bits per heavy atom. The number of benzene rings is 1. The molecule has 122 valence electrons. The van der Waals surface area contributed by atoms with Crippen molar-refractivity contribution >= 4 is 10.8 Å². The second kappa shape index (κ2) is 4.88. The first-order chi connectivity index (χ1) is 9.80.